The molecule has 0 spiro atoms. The minimum atomic E-state index is -0.380. The van der Waals surface area contributed by atoms with E-state index in [-0.39, 0.29) is 18.1 Å². The Balaban J connectivity index is 2.79. The SMILES string of the molecule is COC(=O)CC#Cc1cc(C)ccc1O. The van der Waals surface area contributed by atoms with Gasteiger partial charge in [0.15, 0.2) is 0 Å². The smallest absolute Gasteiger partial charge is 0.317 e. The molecule has 0 amide bonds. The van der Waals surface area contributed by atoms with Crippen LogP contribution in [0.5, 0.6) is 5.75 Å². The number of esters is 1. The van der Waals surface area contributed by atoms with E-state index in [0.717, 1.165) is 5.56 Å². The van der Waals surface area contributed by atoms with Gasteiger partial charge in [0, 0.05) is 0 Å². The largest absolute Gasteiger partial charge is 0.507 e. The molecule has 0 aromatic heterocycles. The van der Waals surface area contributed by atoms with Crippen LogP contribution < -0.4 is 0 Å². The number of aryl methyl sites for hydroxylation is 1. The molecule has 1 N–H and O–H groups in total. The fourth-order valence-corrected chi connectivity index (χ4v) is 1.03. The lowest BCUT2D eigenvalue weighted by molar-refractivity contribution is -0.139. The first-order valence-electron chi connectivity index (χ1n) is 4.49. The van der Waals surface area contributed by atoms with Crippen molar-refractivity contribution in [3.8, 4) is 17.6 Å². The average molecular weight is 204 g/mol. The number of methoxy groups -OCH3 is 1. The van der Waals surface area contributed by atoms with Gasteiger partial charge in [0.25, 0.3) is 0 Å². The first-order chi connectivity index (χ1) is 7.13. The summed E-state index contributed by atoms with van der Waals surface area (Å²) in [5.74, 6) is 5.10. The van der Waals surface area contributed by atoms with E-state index in [9.17, 15) is 9.90 Å². The van der Waals surface area contributed by atoms with Gasteiger partial charge in [0.2, 0.25) is 0 Å². The van der Waals surface area contributed by atoms with Crippen molar-refractivity contribution >= 4 is 5.97 Å². The van der Waals surface area contributed by atoms with E-state index in [4.69, 9.17) is 0 Å². The first kappa shape index (κ1) is 11.1. The molecule has 0 aliphatic heterocycles. The van der Waals surface area contributed by atoms with Crippen molar-refractivity contribution in [3.63, 3.8) is 0 Å². The van der Waals surface area contributed by atoms with Gasteiger partial charge in [-0.05, 0) is 24.6 Å². The molecule has 15 heavy (non-hydrogen) atoms. The maximum Gasteiger partial charge on any atom is 0.317 e. The maximum absolute atomic E-state index is 10.8. The minimum absolute atomic E-state index is 0.0316. The van der Waals surface area contributed by atoms with Crippen molar-refractivity contribution in [2.75, 3.05) is 7.11 Å². The first-order valence-corrected chi connectivity index (χ1v) is 4.49. The van der Waals surface area contributed by atoms with Crippen LogP contribution >= 0.6 is 0 Å². The van der Waals surface area contributed by atoms with Gasteiger partial charge in [-0.3, -0.25) is 4.79 Å². The molecule has 0 fully saturated rings. The number of hydrogen-bond acceptors (Lipinski definition) is 3. The van der Waals surface area contributed by atoms with Crippen molar-refractivity contribution in [2.45, 2.75) is 13.3 Å². The predicted octanol–water partition coefficient (Wildman–Crippen LogP) is 1.62. The van der Waals surface area contributed by atoms with Gasteiger partial charge >= 0.3 is 5.97 Å². The molecule has 3 nitrogen and oxygen atoms in total. The number of hydrogen-bond donors (Lipinski definition) is 1. The molecule has 0 saturated carbocycles. The topological polar surface area (TPSA) is 46.5 Å². The molecule has 0 aliphatic carbocycles. The molecular formula is C12H12O3. The summed E-state index contributed by atoms with van der Waals surface area (Å²) in [5.41, 5.74) is 1.54. The molecule has 78 valence electrons. The second-order valence-corrected chi connectivity index (χ2v) is 3.08. The summed E-state index contributed by atoms with van der Waals surface area (Å²) in [5, 5.41) is 9.44. The van der Waals surface area contributed by atoms with Crippen LogP contribution in [0.15, 0.2) is 18.2 Å². The molecule has 0 heterocycles. The van der Waals surface area contributed by atoms with Crippen LogP contribution in [0.25, 0.3) is 0 Å². The maximum atomic E-state index is 10.8. The number of phenols is 1. The van der Waals surface area contributed by atoms with Crippen molar-refractivity contribution in [2.24, 2.45) is 0 Å². The highest BCUT2D eigenvalue weighted by molar-refractivity contribution is 5.72. The van der Waals surface area contributed by atoms with Crippen LogP contribution in [0.2, 0.25) is 0 Å². The summed E-state index contributed by atoms with van der Waals surface area (Å²) < 4.78 is 4.44. The molecule has 0 aliphatic rings. The molecule has 3 heteroatoms. The zero-order valence-electron chi connectivity index (χ0n) is 8.70. The van der Waals surface area contributed by atoms with Crippen LogP contribution in [0.1, 0.15) is 17.5 Å². The minimum Gasteiger partial charge on any atom is -0.507 e. The van der Waals surface area contributed by atoms with Gasteiger partial charge in [-0.25, -0.2) is 0 Å². The molecule has 1 rings (SSSR count). The molecule has 0 bridgehead atoms. The number of carbonyl (C=O) groups excluding carboxylic acids is 1. The number of carbonyl (C=O) groups is 1. The predicted molar refractivity (Wildman–Crippen MR) is 56.4 cm³/mol. The van der Waals surface area contributed by atoms with E-state index in [2.05, 4.69) is 16.6 Å². The summed E-state index contributed by atoms with van der Waals surface area (Å²) >= 11 is 0. The highest BCUT2D eigenvalue weighted by Gasteiger charge is 1.98. The average Bonchev–Trinajstić information content (AvgIpc) is 2.23. The fraction of sp³-hybridized carbons (Fsp3) is 0.250. The van der Waals surface area contributed by atoms with E-state index in [1.165, 1.54) is 7.11 Å². The second kappa shape index (κ2) is 5.06. The number of aromatic hydroxyl groups is 1. The number of phenolic OH excluding ortho intramolecular Hbond substituents is 1. The standard InChI is InChI=1S/C12H12O3/c1-9-6-7-11(13)10(8-9)4-3-5-12(14)15-2/h6-8,13H,5H2,1-2H3. The fourth-order valence-electron chi connectivity index (χ4n) is 1.03. The Morgan fingerprint density at radius 3 is 2.93 bits per heavy atom. The summed E-state index contributed by atoms with van der Waals surface area (Å²) in [6.45, 7) is 1.91. The van der Waals surface area contributed by atoms with Gasteiger partial charge in [0.1, 0.15) is 12.2 Å². The highest BCUT2D eigenvalue weighted by Crippen LogP contribution is 2.16. The summed E-state index contributed by atoms with van der Waals surface area (Å²) in [7, 11) is 1.31. The Labute approximate surface area is 88.7 Å². The normalized spacial score (nSPS) is 8.93. The molecular weight excluding hydrogens is 192 g/mol. The van der Waals surface area contributed by atoms with E-state index < -0.39 is 0 Å². The molecule has 1 aromatic carbocycles. The van der Waals surface area contributed by atoms with Gasteiger partial charge < -0.3 is 9.84 Å². The Bertz CT molecular complexity index is 424. The van der Waals surface area contributed by atoms with Crippen molar-refractivity contribution < 1.29 is 14.6 Å². The Morgan fingerprint density at radius 1 is 1.53 bits per heavy atom. The molecule has 0 radical (unpaired) electrons. The van der Waals surface area contributed by atoms with E-state index >= 15 is 0 Å². The van der Waals surface area contributed by atoms with Gasteiger partial charge in [-0.1, -0.05) is 17.9 Å². The van der Waals surface area contributed by atoms with Gasteiger partial charge in [0.05, 0.1) is 12.7 Å². The van der Waals surface area contributed by atoms with Crippen LogP contribution in [0, 0.1) is 18.8 Å². The Kier molecular flexibility index (Phi) is 3.75. The van der Waals surface area contributed by atoms with E-state index in [1.54, 1.807) is 18.2 Å². The molecule has 0 atom stereocenters. The van der Waals surface area contributed by atoms with Crippen molar-refractivity contribution in [1.29, 1.82) is 0 Å². The monoisotopic (exact) mass is 204 g/mol. The van der Waals surface area contributed by atoms with Crippen molar-refractivity contribution in [1.82, 2.24) is 0 Å². The number of benzene rings is 1. The third kappa shape index (κ3) is 3.35. The summed E-state index contributed by atoms with van der Waals surface area (Å²) in [6.07, 6.45) is 0.0316. The van der Waals surface area contributed by atoms with E-state index in [1.807, 2.05) is 6.92 Å². The molecule has 1 aromatic rings. The second-order valence-electron chi connectivity index (χ2n) is 3.08. The number of ether oxygens (including phenoxy) is 1. The quantitative estimate of drug-likeness (QED) is 0.558. The highest BCUT2D eigenvalue weighted by atomic mass is 16.5. The molecule has 0 saturated heterocycles. The third-order valence-electron chi connectivity index (χ3n) is 1.84. The Hall–Kier alpha value is -1.95. The van der Waals surface area contributed by atoms with E-state index in [0.29, 0.717) is 5.56 Å². The molecule has 0 unspecified atom stereocenters. The summed E-state index contributed by atoms with van der Waals surface area (Å²) in [6, 6.07) is 5.14. The lowest BCUT2D eigenvalue weighted by Gasteiger charge is -1.97. The van der Waals surface area contributed by atoms with Gasteiger partial charge in [-0.2, -0.15) is 0 Å². The zero-order valence-corrected chi connectivity index (χ0v) is 8.70. The Morgan fingerprint density at radius 2 is 2.27 bits per heavy atom. The third-order valence-corrected chi connectivity index (χ3v) is 1.84. The zero-order chi connectivity index (χ0) is 11.3. The van der Waals surface area contributed by atoms with Gasteiger partial charge in [-0.15, -0.1) is 0 Å². The summed E-state index contributed by atoms with van der Waals surface area (Å²) in [4.78, 5) is 10.8. The van der Waals surface area contributed by atoms with Crippen molar-refractivity contribution in [3.05, 3.63) is 29.3 Å². The van der Waals surface area contributed by atoms with Crippen LogP contribution in [-0.4, -0.2) is 18.2 Å². The van der Waals surface area contributed by atoms with Crippen LogP contribution in [-0.2, 0) is 9.53 Å². The lowest BCUT2D eigenvalue weighted by Crippen LogP contribution is -1.97. The van der Waals surface area contributed by atoms with Crippen LogP contribution in [0.3, 0.4) is 0 Å². The number of rotatable bonds is 1. The van der Waals surface area contributed by atoms with Crippen LogP contribution in [0.4, 0.5) is 0 Å². The lowest BCUT2D eigenvalue weighted by atomic mass is 10.1.